The van der Waals surface area contributed by atoms with Gasteiger partial charge in [-0.15, -0.1) is 0 Å². The normalized spacial score (nSPS) is 12.5. The molecule has 4 nitrogen and oxygen atoms in total. The summed E-state index contributed by atoms with van der Waals surface area (Å²) in [6.45, 7) is 8.17. The molecule has 19 heavy (non-hydrogen) atoms. The molecule has 0 fully saturated rings. The third kappa shape index (κ3) is 4.76. The van der Waals surface area contributed by atoms with Gasteiger partial charge in [-0.1, -0.05) is 19.1 Å². The van der Waals surface area contributed by atoms with Crippen LogP contribution >= 0.6 is 12.2 Å². The van der Waals surface area contributed by atoms with Crippen LogP contribution in [-0.4, -0.2) is 41.1 Å². The molecule has 5 heteroatoms. The van der Waals surface area contributed by atoms with Crippen LogP contribution in [0.1, 0.15) is 31.5 Å². The van der Waals surface area contributed by atoms with Crippen molar-refractivity contribution in [1.82, 2.24) is 9.88 Å². The molecule has 3 N–H and O–H groups in total. The van der Waals surface area contributed by atoms with Gasteiger partial charge in [-0.25, -0.2) is 4.98 Å². The average molecular weight is 280 g/mol. The number of aryl methyl sites for hydroxylation is 1. The molecular formula is C14H24N4S. The molecule has 0 aliphatic carbocycles. The van der Waals surface area contributed by atoms with Gasteiger partial charge in [0.15, 0.2) is 0 Å². The number of aromatic nitrogens is 1. The summed E-state index contributed by atoms with van der Waals surface area (Å²) >= 11 is 5.04. The Morgan fingerprint density at radius 2 is 2.21 bits per heavy atom. The first-order valence-electron chi connectivity index (χ1n) is 6.67. The van der Waals surface area contributed by atoms with Crippen LogP contribution in [0.5, 0.6) is 0 Å². The fourth-order valence-corrected chi connectivity index (χ4v) is 1.94. The largest absolute Gasteiger partial charge is 0.389 e. The van der Waals surface area contributed by atoms with Gasteiger partial charge in [0.25, 0.3) is 0 Å². The molecule has 0 amide bonds. The van der Waals surface area contributed by atoms with Crippen molar-refractivity contribution in [2.45, 2.75) is 33.2 Å². The quantitative estimate of drug-likeness (QED) is 0.750. The lowest BCUT2D eigenvalue weighted by Crippen LogP contribution is -2.33. The van der Waals surface area contributed by atoms with E-state index in [1.807, 2.05) is 19.1 Å². The van der Waals surface area contributed by atoms with Gasteiger partial charge in [-0.3, -0.25) is 0 Å². The Hall–Kier alpha value is -1.20. The predicted molar refractivity (Wildman–Crippen MR) is 85.7 cm³/mol. The van der Waals surface area contributed by atoms with Crippen molar-refractivity contribution in [1.29, 1.82) is 0 Å². The first-order chi connectivity index (χ1) is 8.95. The molecule has 0 aromatic carbocycles. The smallest absolute Gasteiger partial charge is 0.136 e. The standard InChI is InChI=1S/C14H24N4S/c1-5-11(3)18(4)9-8-16-14-12(13(15)19)7-6-10(2)17-14/h6-7,11H,5,8-9H2,1-4H3,(H2,15,19)(H,16,17). The Morgan fingerprint density at radius 3 is 2.79 bits per heavy atom. The van der Waals surface area contributed by atoms with Crippen LogP contribution in [0.2, 0.25) is 0 Å². The van der Waals surface area contributed by atoms with E-state index in [1.54, 1.807) is 0 Å². The SMILES string of the molecule is CCC(C)N(C)CCNc1nc(C)ccc1C(N)=S. The molecule has 1 heterocycles. The van der Waals surface area contributed by atoms with E-state index in [9.17, 15) is 0 Å². The number of likely N-dealkylation sites (N-methyl/N-ethyl adjacent to an activating group) is 1. The molecule has 1 aromatic rings. The summed E-state index contributed by atoms with van der Waals surface area (Å²) in [5.74, 6) is 0.782. The number of hydrogen-bond acceptors (Lipinski definition) is 4. The molecule has 1 atom stereocenters. The molecule has 106 valence electrons. The highest BCUT2D eigenvalue weighted by atomic mass is 32.1. The Morgan fingerprint density at radius 1 is 1.53 bits per heavy atom. The molecule has 1 aromatic heterocycles. The third-order valence-corrected chi connectivity index (χ3v) is 3.62. The Balaban J connectivity index is 2.62. The van der Waals surface area contributed by atoms with Crippen LogP contribution in [0.4, 0.5) is 5.82 Å². The van der Waals surface area contributed by atoms with Gasteiger partial charge < -0.3 is 16.0 Å². The van der Waals surface area contributed by atoms with E-state index >= 15 is 0 Å². The van der Waals surface area contributed by atoms with Crippen LogP contribution in [0.15, 0.2) is 12.1 Å². The molecule has 0 radical (unpaired) electrons. The van der Waals surface area contributed by atoms with Gasteiger partial charge in [-0.05, 0) is 39.4 Å². The fraction of sp³-hybridized carbons (Fsp3) is 0.571. The lowest BCUT2D eigenvalue weighted by Gasteiger charge is -2.23. The summed E-state index contributed by atoms with van der Waals surface area (Å²) < 4.78 is 0. The predicted octanol–water partition coefficient (Wildman–Crippen LogP) is 2.17. The third-order valence-electron chi connectivity index (χ3n) is 3.40. The van der Waals surface area contributed by atoms with Gasteiger partial charge >= 0.3 is 0 Å². The van der Waals surface area contributed by atoms with E-state index in [2.05, 4.69) is 36.1 Å². The molecule has 0 bridgehead atoms. The molecule has 0 aliphatic rings. The van der Waals surface area contributed by atoms with Crippen LogP contribution in [-0.2, 0) is 0 Å². The number of nitrogens with zero attached hydrogens (tertiary/aromatic N) is 2. The first kappa shape index (κ1) is 15.9. The summed E-state index contributed by atoms with van der Waals surface area (Å²) in [5, 5.41) is 3.33. The molecule has 1 rings (SSSR count). The lowest BCUT2D eigenvalue weighted by molar-refractivity contribution is 0.261. The first-order valence-corrected chi connectivity index (χ1v) is 7.08. The van der Waals surface area contributed by atoms with E-state index in [-0.39, 0.29) is 0 Å². The van der Waals surface area contributed by atoms with Gasteiger partial charge in [0.1, 0.15) is 10.8 Å². The van der Waals surface area contributed by atoms with Gasteiger partial charge in [0.2, 0.25) is 0 Å². The van der Waals surface area contributed by atoms with Crippen molar-refractivity contribution in [2.24, 2.45) is 5.73 Å². The van der Waals surface area contributed by atoms with E-state index in [0.717, 1.165) is 36.6 Å². The average Bonchev–Trinajstić information content (AvgIpc) is 2.37. The number of nitrogens with two attached hydrogens (primary N) is 1. The summed E-state index contributed by atoms with van der Waals surface area (Å²) in [6.07, 6.45) is 1.15. The van der Waals surface area contributed by atoms with Crippen molar-refractivity contribution < 1.29 is 0 Å². The van der Waals surface area contributed by atoms with Crippen molar-refractivity contribution in [3.8, 4) is 0 Å². The highest BCUT2D eigenvalue weighted by Gasteiger charge is 2.09. The zero-order valence-corrected chi connectivity index (χ0v) is 13.0. The lowest BCUT2D eigenvalue weighted by atomic mass is 10.2. The second-order valence-electron chi connectivity index (χ2n) is 4.88. The monoisotopic (exact) mass is 280 g/mol. The number of thiocarbonyl (C=S) groups is 1. The van der Waals surface area contributed by atoms with Crippen molar-refractivity contribution in [3.63, 3.8) is 0 Å². The summed E-state index contributed by atoms with van der Waals surface area (Å²) in [4.78, 5) is 7.16. The maximum atomic E-state index is 5.71. The highest BCUT2D eigenvalue weighted by molar-refractivity contribution is 7.80. The van der Waals surface area contributed by atoms with Crippen LogP contribution < -0.4 is 11.1 Å². The van der Waals surface area contributed by atoms with E-state index in [1.165, 1.54) is 0 Å². The molecule has 1 unspecified atom stereocenters. The Kier molecular flexibility index (Phi) is 6.18. The number of hydrogen-bond donors (Lipinski definition) is 2. The zero-order chi connectivity index (χ0) is 14.4. The minimum atomic E-state index is 0.380. The molecule has 0 saturated carbocycles. The van der Waals surface area contributed by atoms with E-state index in [0.29, 0.717) is 11.0 Å². The van der Waals surface area contributed by atoms with Crippen molar-refractivity contribution in [2.75, 3.05) is 25.5 Å². The second kappa shape index (κ2) is 7.40. The topological polar surface area (TPSA) is 54.2 Å². The van der Waals surface area contributed by atoms with Crippen LogP contribution in [0.25, 0.3) is 0 Å². The van der Waals surface area contributed by atoms with Gasteiger partial charge in [-0.2, -0.15) is 0 Å². The summed E-state index contributed by atoms with van der Waals surface area (Å²) in [5.41, 5.74) is 7.48. The second-order valence-corrected chi connectivity index (χ2v) is 5.32. The van der Waals surface area contributed by atoms with E-state index < -0.39 is 0 Å². The molecule has 0 aliphatic heterocycles. The van der Waals surface area contributed by atoms with Crippen molar-refractivity contribution in [3.05, 3.63) is 23.4 Å². The number of nitrogens with one attached hydrogen (secondary N) is 1. The number of rotatable bonds is 7. The Bertz CT molecular complexity index is 433. The van der Waals surface area contributed by atoms with Gasteiger partial charge in [0, 0.05) is 24.8 Å². The summed E-state index contributed by atoms with van der Waals surface area (Å²) in [6, 6.07) is 4.43. The zero-order valence-electron chi connectivity index (χ0n) is 12.2. The van der Waals surface area contributed by atoms with E-state index in [4.69, 9.17) is 18.0 Å². The Labute approximate surface area is 121 Å². The minimum absolute atomic E-state index is 0.380. The van der Waals surface area contributed by atoms with Crippen molar-refractivity contribution >= 4 is 23.0 Å². The van der Waals surface area contributed by atoms with Gasteiger partial charge in [0.05, 0.1) is 5.56 Å². The maximum absolute atomic E-state index is 5.71. The number of anilines is 1. The minimum Gasteiger partial charge on any atom is -0.389 e. The number of pyridine rings is 1. The maximum Gasteiger partial charge on any atom is 0.136 e. The fourth-order valence-electron chi connectivity index (χ4n) is 1.77. The summed E-state index contributed by atoms with van der Waals surface area (Å²) in [7, 11) is 2.13. The molecule has 0 spiro atoms. The highest BCUT2D eigenvalue weighted by Crippen LogP contribution is 2.13. The van der Waals surface area contributed by atoms with Crippen LogP contribution in [0, 0.1) is 6.92 Å². The van der Waals surface area contributed by atoms with Crippen LogP contribution in [0.3, 0.4) is 0 Å². The molecule has 0 saturated heterocycles. The molecular weight excluding hydrogens is 256 g/mol.